The van der Waals surface area contributed by atoms with Gasteiger partial charge in [-0.05, 0) is 18.6 Å². The number of benzene rings is 1. The Morgan fingerprint density at radius 3 is 2.52 bits per heavy atom. The highest BCUT2D eigenvalue weighted by molar-refractivity contribution is 7.91. The fraction of sp³-hybridized carbons (Fsp3) is 0.214. The van der Waals surface area contributed by atoms with E-state index >= 15 is 0 Å². The zero-order valence-electron chi connectivity index (χ0n) is 11.9. The molecule has 1 aromatic carbocycles. The van der Waals surface area contributed by atoms with Crippen molar-refractivity contribution in [1.29, 1.82) is 0 Å². The average molecular weight is 346 g/mol. The second-order valence-corrected chi connectivity index (χ2v) is 6.70. The molecule has 124 valence electrons. The number of hydrogen-bond donors (Lipinski definition) is 2. The number of rotatable bonds is 4. The number of anilines is 1. The first-order chi connectivity index (χ1) is 10.6. The fourth-order valence-electron chi connectivity index (χ4n) is 1.95. The molecule has 0 bridgehead atoms. The van der Waals surface area contributed by atoms with Crippen LogP contribution >= 0.6 is 0 Å². The summed E-state index contributed by atoms with van der Waals surface area (Å²) in [6, 6.07) is 7.11. The van der Waals surface area contributed by atoms with E-state index in [-0.39, 0.29) is 0 Å². The summed E-state index contributed by atoms with van der Waals surface area (Å²) in [5.41, 5.74) is -1.47. The highest BCUT2D eigenvalue weighted by Gasteiger charge is 2.31. The predicted molar refractivity (Wildman–Crippen MR) is 79.5 cm³/mol. The van der Waals surface area contributed by atoms with Gasteiger partial charge in [-0.2, -0.15) is 13.2 Å². The van der Waals surface area contributed by atoms with Crippen LogP contribution in [0.4, 0.5) is 18.9 Å². The lowest BCUT2D eigenvalue weighted by molar-refractivity contribution is -0.137. The van der Waals surface area contributed by atoms with Crippen molar-refractivity contribution in [2.24, 2.45) is 0 Å². The summed E-state index contributed by atoms with van der Waals surface area (Å²) in [7, 11) is -4.03. The van der Waals surface area contributed by atoms with E-state index in [2.05, 4.69) is 0 Å². The lowest BCUT2D eigenvalue weighted by Gasteiger charge is -2.10. The molecule has 9 heteroatoms. The molecule has 0 unspecified atom stereocenters. The highest BCUT2D eigenvalue weighted by atomic mass is 32.2. The first-order valence-electron chi connectivity index (χ1n) is 6.43. The number of pyridine rings is 1. The smallest absolute Gasteiger partial charge is 0.327 e. The number of nitrogens with one attached hydrogen (secondary N) is 2. The van der Waals surface area contributed by atoms with Crippen molar-refractivity contribution in [1.82, 2.24) is 4.98 Å². The van der Waals surface area contributed by atoms with Crippen LogP contribution in [0.3, 0.4) is 0 Å². The molecule has 0 aliphatic carbocycles. The van der Waals surface area contributed by atoms with Gasteiger partial charge in [-0.1, -0.05) is 29.8 Å². The van der Waals surface area contributed by atoms with Crippen molar-refractivity contribution in [2.45, 2.75) is 18.9 Å². The van der Waals surface area contributed by atoms with Gasteiger partial charge >= 0.3 is 6.18 Å². The minimum Gasteiger partial charge on any atom is -0.327 e. The normalized spacial score (nSPS) is 12.2. The van der Waals surface area contributed by atoms with Gasteiger partial charge in [-0.3, -0.25) is 9.52 Å². The van der Waals surface area contributed by atoms with E-state index < -0.39 is 38.8 Å². The van der Waals surface area contributed by atoms with Gasteiger partial charge in [0.25, 0.3) is 5.56 Å². The van der Waals surface area contributed by atoms with Crippen molar-refractivity contribution in [2.75, 3.05) is 4.72 Å². The molecule has 0 amide bonds. The van der Waals surface area contributed by atoms with Crippen LogP contribution in [0.15, 0.2) is 41.3 Å². The summed E-state index contributed by atoms with van der Waals surface area (Å²) in [5.74, 6) is -0.454. The van der Waals surface area contributed by atoms with E-state index in [1.807, 2.05) is 9.71 Å². The Hall–Kier alpha value is -2.29. The molecule has 2 rings (SSSR count). The van der Waals surface area contributed by atoms with E-state index in [1.54, 1.807) is 31.2 Å². The zero-order chi connectivity index (χ0) is 17.3. The second-order valence-electron chi connectivity index (χ2n) is 4.98. The molecule has 0 radical (unpaired) electrons. The largest absolute Gasteiger partial charge is 0.417 e. The molecule has 1 aromatic heterocycles. The predicted octanol–water partition coefficient (Wildman–Crippen LogP) is 2.64. The third-order valence-corrected chi connectivity index (χ3v) is 4.18. The average Bonchev–Trinajstić information content (AvgIpc) is 2.39. The van der Waals surface area contributed by atoms with Crippen molar-refractivity contribution in [3.05, 3.63) is 63.6 Å². The third-order valence-electron chi connectivity index (χ3n) is 2.94. The molecular weight excluding hydrogens is 333 g/mol. The molecule has 0 fully saturated rings. The maximum atomic E-state index is 12.6. The minimum atomic E-state index is -4.69. The number of alkyl halides is 3. The van der Waals surface area contributed by atoms with Crippen molar-refractivity contribution >= 4 is 15.7 Å². The summed E-state index contributed by atoms with van der Waals surface area (Å²) in [6.45, 7) is 1.78. The minimum absolute atomic E-state index is 0.454. The maximum absolute atomic E-state index is 12.6. The molecule has 0 saturated carbocycles. The van der Waals surface area contributed by atoms with Gasteiger partial charge < -0.3 is 4.98 Å². The number of sulfonamides is 1. The first kappa shape index (κ1) is 17.1. The maximum Gasteiger partial charge on any atom is 0.417 e. The lowest BCUT2D eigenvalue weighted by Crippen LogP contribution is -2.22. The monoisotopic (exact) mass is 346 g/mol. The molecule has 23 heavy (non-hydrogen) atoms. The van der Waals surface area contributed by atoms with E-state index in [0.717, 1.165) is 5.56 Å². The van der Waals surface area contributed by atoms with E-state index in [0.29, 0.717) is 17.8 Å². The molecule has 2 N–H and O–H groups in total. The van der Waals surface area contributed by atoms with E-state index in [9.17, 15) is 26.4 Å². The van der Waals surface area contributed by atoms with Gasteiger partial charge in [0.05, 0.1) is 11.3 Å². The van der Waals surface area contributed by atoms with Gasteiger partial charge in [0, 0.05) is 6.20 Å². The van der Waals surface area contributed by atoms with Crippen molar-refractivity contribution < 1.29 is 21.6 Å². The number of hydrogen-bond acceptors (Lipinski definition) is 3. The third kappa shape index (κ3) is 4.59. The molecule has 1 heterocycles. The summed E-state index contributed by atoms with van der Waals surface area (Å²) in [5, 5.41) is 0. The molecule has 2 aromatic rings. The van der Waals surface area contributed by atoms with Crippen LogP contribution in [0.1, 0.15) is 16.7 Å². The van der Waals surface area contributed by atoms with E-state index in [4.69, 9.17) is 0 Å². The molecule has 0 saturated heterocycles. The molecular formula is C14H13F3N2O3S. The number of aromatic amines is 1. The number of halogens is 3. The summed E-state index contributed by atoms with van der Waals surface area (Å²) in [4.78, 5) is 13.4. The van der Waals surface area contributed by atoms with Gasteiger partial charge in [0.15, 0.2) is 0 Å². The van der Waals surface area contributed by atoms with Crippen molar-refractivity contribution in [3.8, 4) is 0 Å². The topological polar surface area (TPSA) is 79.0 Å². The van der Waals surface area contributed by atoms with Crippen LogP contribution in [0.5, 0.6) is 0 Å². The highest BCUT2D eigenvalue weighted by Crippen LogP contribution is 2.29. The van der Waals surface area contributed by atoms with Gasteiger partial charge in [0.2, 0.25) is 10.0 Å². The standard InChI is InChI=1S/C14H13F3N2O3S/c1-9-3-2-4-10(5-9)8-23(21,22)19-12-6-11(14(15,16)17)7-18-13(12)20/h2-7,19H,8H2,1H3,(H,18,20). The van der Waals surface area contributed by atoms with Crippen molar-refractivity contribution in [3.63, 3.8) is 0 Å². The second kappa shape index (κ2) is 6.07. The molecule has 0 atom stereocenters. The molecule has 5 nitrogen and oxygen atoms in total. The SMILES string of the molecule is Cc1cccc(CS(=O)(=O)Nc2cc(C(F)(F)F)c[nH]c2=O)c1. The van der Waals surface area contributed by atoms with Crippen LogP contribution in [0.25, 0.3) is 0 Å². The summed E-state index contributed by atoms with van der Waals surface area (Å²) in [6.07, 6.45) is -4.21. The molecule has 0 aliphatic heterocycles. The summed E-state index contributed by atoms with van der Waals surface area (Å²) < 4.78 is 63.9. The van der Waals surface area contributed by atoms with Gasteiger partial charge in [-0.25, -0.2) is 8.42 Å². The van der Waals surface area contributed by atoms with Gasteiger partial charge in [0.1, 0.15) is 5.69 Å². The Morgan fingerprint density at radius 2 is 1.91 bits per heavy atom. The quantitative estimate of drug-likeness (QED) is 0.893. The Kier molecular flexibility index (Phi) is 4.51. The van der Waals surface area contributed by atoms with E-state index in [1.165, 1.54) is 0 Å². The summed E-state index contributed by atoms with van der Waals surface area (Å²) >= 11 is 0. The van der Waals surface area contributed by atoms with Crippen LogP contribution in [0, 0.1) is 6.92 Å². The Labute approximate surface area is 130 Å². The number of aryl methyl sites for hydroxylation is 1. The fourth-order valence-corrected chi connectivity index (χ4v) is 3.13. The zero-order valence-corrected chi connectivity index (χ0v) is 12.8. The van der Waals surface area contributed by atoms with Crippen LogP contribution < -0.4 is 10.3 Å². The lowest BCUT2D eigenvalue weighted by atomic mass is 10.2. The van der Waals surface area contributed by atoms with Crippen LogP contribution in [0.2, 0.25) is 0 Å². The van der Waals surface area contributed by atoms with Crippen LogP contribution in [-0.4, -0.2) is 13.4 Å². The number of H-pyrrole nitrogens is 1. The van der Waals surface area contributed by atoms with Gasteiger partial charge in [-0.15, -0.1) is 0 Å². The Balaban J connectivity index is 2.29. The molecule has 0 aliphatic rings. The Morgan fingerprint density at radius 1 is 1.22 bits per heavy atom. The first-order valence-corrected chi connectivity index (χ1v) is 8.08. The molecule has 0 spiro atoms. The number of aromatic nitrogens is 1. The Bertz CT molecular complexity index is 873. The van der Waals surface area contributed by atoms with Crippen LogP contribution in [-0.2, 0) is 22.0 Å².